The van der Waals surface area contributed by atoms with Crippen molar-refractivity contribution in [3.63, 3.8) is 0 Å². The number of amides is 3. The molecule has 1 N–H and O–H groups in total. The van der Waals surface area contributed by atoms with Gasteiger partial charge >= 0.3 is 6.03 Å². The number of imide groups is 1. The Morgan fingerprint density at radius 1 is 0.929 bits per heavy atom. The standard InChI is InChI=1S/C22H18IN3O2/c1-14-12-16(15(2)25(14)19-10-8-17(23)9-11-19)13-20-21(27)26(22(28)24-20)18-6-4-3-5-7-18/h3-13H,1-2H3,(H,24,28)/b20-13-. The zero-order chi connectivity index (χ0) is 19.8. The van der Waals surface area contributed by atoms with Gasteiger partial charge in [0.1, 0.15) is 5.70 Å². The number of hydrogen-bond acceptors (Lipinski definition) is 2. The number of anilines is 1. The molecule has 1 saturated heterocycles. The molecule has 140 valence electrons. The van der Waals surface area contributed by atoms with Crippen molar-refractivity contribution in [2.45, 2.75) is 13.8 Å². The second-order valence-electron chi connectivity index (χ2n) is 6.60. The number of nitrogens with zero attached hydrogens (tertiary/aromatic N) is 2. The predicted octanol–water partition coefficient (Wildman–Crippen LogP) is 4.80. The molecule has 28 heavy (non-hydrogen) atoms. The summed E-state index contributed by atoms with van der Waals surface area (Å²) in [6.07, 6.45) is 1.74. The van der Waals surface area contributed by atoms with Crippen LogP contribution in [0.5, 0.6) is 0 Å². The minimum atomic E-state index is -0.436. The summed E-state index contributed by atoms with van der Waals surface area (Å²) in [4.78, 5) is 26.3. The van der Waals surface area contributed by atoms with Crippen LogP contribution in [0.25, 0.3) is 11.8 Å². The molecule has 1 fully saturated rings. The maximum absolute atomic E-state index is 12.8. The van der Waals surface area contributed by atoms with Gasteiger partial charge in [-0.05, 0) is 90.5 Å². The molecule has 3 aromatic rings. The lowest BCUT2D eigenvalue weighted by atomic mass is 10.2. The van der Waals surface area contributed by atoms with Gasteiger partial charge in [0.05, 0.1) is 5.69 Å². The van der Waals surface area contributed by atoms with E-state index < -0.39 is 6.03 Å². The number of aryl methyl sites for hydroxylation is 1. The number of benzene rings is 2. The quantitative estimate of drug-likeness (QED) is 0.331. The summed E-state index contributed by atoms with van der Waals surface area (Å²) >= 11 is 2.28. The highest BCUT2D eigenvalue weighted by Crippen LogP contribution is 2.26. The van der Waals surface area contributed by atoms with Crippen LogP contribution in [0.3, 0.4) is 0 Å². The van der Waals surface area contributed by atoms with Crippen molar-refractivity contribution in [3.05, 3.63) is 86.9 Å². The van der Waals surface area contributed by atoms with Gasteiger partial charge in [0.15, 0.2) is 0 Å². The lowest BCUT2D eigenvalue weighted by molar-refractivity contribution is -0.113. The first-order valence-corrected chi connectivity index (χ1v) is 9.90. The highest BCUT2D eigenvalue weighted by molar-refractivity contribution is 14.1. The summed E-state index contributed by atoms with van der Waals surface area (Å²) in [7, 11) is 0. The largest absolute Gasteiger partial charge is 0.333 e. The molecule has 2 heterocycles. The number of rotatable bonds is 3. The summed E-state index contributed by atoms with van der Waals surface area (Å²) in [6, 6.07) is 18.8. The molecule has 0 aliphatic carbocycles. The number of carbonyl (C=O) groups is 2. The maximum Gasteiger partial charge on any atom is 0.333 e. The molecule has 0 spiro atoms. The highest BCUT2D eigenvalue weighted by atomic mass is 127. The van der Waals surface area contributed by atoms with Gasteiger partial charge in [-0.3, -0.25) is 4.79 Å². The first kappa shape index (κ1) is 18.5. The van der Waals surface area contributed by atoms with Gasteiger partial charge in [0.2, 0.25) is 0 Å². The van der Waals surface area contributed by atoms with Gasteiger partial charge in [-0.15, -0.1) is 0 Å². The molecular weight excluding hydrogens is 465 g/mol. The van der Waals surface area contributed by atoms with Gasteiger partial charge in [-0.2, -0.15) is 0 Å². The first-order chi connectivity index (χ1) is 13.5. The zero-order valence-corrected chi connectivity index (χ0v) is 17.6. The van der Waals surface area contributed by atoms with E-state index in [1.54, 1.807) is 30.3 Å². The predicted molar refractivity (Wildman–Crippen MR) is 118 cm³/mol. The Morgan fingerprint density at radius 2 is 1.61 bits per heavy atom. The number of carbonyl (C=O) groups excluding carboxylic acids is 2. The number of aromatic nitrogens is 1. The van der Waals surface area contributed by atoms with E-state index in [4.69, 9.17) is 0 Å². The Morgan fingerprint density at radius 3 is 2.29 bits per heavy atom. The van der Waals surface area contributed by atoms with Crippen molar-refractivity contribution >= 4 is 46.3 Å². The molecule has 5 nitrogen and oxygen atoms in total. The van der Waals surface area contributed by atoms with Crippen molar-refractivity contribution in [3.8, 4) is 5.69 Å². The summed E-state index contributed by atoms with van der Waals surface area (Å²) in [5.41, 5.74) is 4.85. The fraction of sp³-hybridized carbons (Fsp3) is 0.0909. The third kappa shape index (κ3) is 3.24. The fourth-order valence-electron chi connectivity index (χ4n) is 3.42. The van der Waals surface area contributed by atoms with Crippen molar-refractivity contribution in [1.29, 1.82) is 0 Å². The van der Waals surface area contributed by atoms with Gasteiger partial charge in [-0.1, -0.05) is 18.2 Å². The van der Waals surface area contributed by atoms with E-state index in [0.717, 1.165) is 27.5 Å². The summed E-state index contributed by atoms with van der Waals surface area (Å²) in [5, 5.41) is 2.69. The molecule has 1 aromatic heterocycles. The first-order valence-electron chi connectivity index (χ1n) is 8.83. The van der Waals surface area contributed by atoms with Crippen LogP contribution in [-0.4, -0.2) is 16.5 Å². The van der Waals surface area contributed by atoms with Crippen molar-refractivity contribution in [2.75, 3.05) is 4.90 Å². The van der Waals surface area contributed by atoms with Crippen LogP contribution in [0.1, 0.15) is 17.0 Å². The average molecular weight is 483 g/mol. The Hall–Kier alpha value is -2.87. The van der Waals surface area contributed by atoms with E-state index in [-0.39, 0.29) is 11.6 Å². The Labute approximate surface area is 176 Å². The van der Waals surface area contributed by atoms with Crippen LogP contribution in [0, 0.1) is 17.4 Å². The van der Waals surface area contributed by atoms with Crippen LogP contribution in [0.4, 0.5) is 10.5 Å². The number of halogens is 1. The smallest absolute Gasteiger partial charge is 0.318 e. The Bertz CT molecular complexity index is 1100. The van der Waals surface area contributed by atoms with Gasteiger partial charge in [0.25, 0.3) is 5.91 Å². The SMILES string of the molecule is Cc1cc(/C=C2\NC(=O)N(c3ccccc3)C2=O)c(C)n1-c1ccc(I)cc1. The summed E-state index contributed by atoms with van der Waals surface area (Å²) < 4.78 is 3.31. The minimum absolute atomic E-state index is 0.275. The third-order valence-electron chi connectivity index (χ3n) is 4.75. The minimum Gasteiger partial charge on any atom is -0.318 e. The van der Waals surface area contributed by atoms with E-state index >= 15 is 0 Å². The molecule has 1 aliphatic heterocycles. The lowest BCUT2D eigenvalue weighted by Crippen LogP contribution is -2.30. The number of nitrogens with one attached hydrogen (secondary N) is 1. The molecule has 0 saturated carbocycles. The molecule has 0 unspecified atom stereocenters. The maximum atomic E-state index is 12.8. The molecule has 1 aliphatic rings. The van der Waals surface area contributed by atoms with Crippen LogP contribution in [0.15, 0.2) is 66.4 Å². The second-order valence-corrected chi connectivity index (χ2v) is 7.85. The van der Waals surface area contributed by atoms with Crippen LogP contribution >= 0.6 is 22.6 Å². The number of hydrogen-bond donors (Lipinski definition) is 1. The summed E-state index contributed by atoms with van der Waals surface area (Å²) in [6.45, 7) is 4.03. The molecule has 2 aromatic carbocycles. The number of urea groups is 1. The van der Waals surface area contributed by atoms with Gasteiger partial charge < -0.3 is 9.88 Å². The van der Waals surface area contributed by atoms with E-state index in [2.05, 4.69) is 56.7 Å². The molecule has 3 amide bonds. The second kappa shape index (κ2) is 7.27. The van der Waals surface area contributed by atoms with E-state index in [1.807, 2.05) is 26.0 Å². The lowest BCUT2D eigenvalue weighted by Gasteiger charge is -2.11. The molecule has 6 heteroatoms. The zero-order valence-electron chi connectivity index (χ0n) is 15.4. The normalized spacial score (nSPS) is 15.4. The Balaban J connectivity index is 1.70. The Kier molecular flexibility index (Phi) is 4.80. The monoisotopic (exact) mass is 483 g/mol. The highest BCUT2D eigenvalue weighted by Gasteiger charge is 2.34. The van der Waals surface area contributed by atoms with E-state index in [1.165, 1.54) is 3.57 Å². The molecule has 4 rings (SSSR count). The topological polar surface area (TPSA) is 54.3 Å². The van der Waals surface area contributed by atoms with Gasteiger partial charge in [0, 0.05) is 20.6 Å². The van der Waals surface area contributed by atoms with Crippen molar-refractivity contribution in [1.82, 2.24) is 9.88 Å². The fourth-order valence-corrected chi connectivity index (χ4v) is 3.78. The molecule has 0 bridgehead atoms. The van der Waals surface area contributed by atoms with Crippen LogP contribution in [-0.2, 0) is 4.79 Å². The summed E-state index contributed by atoms with van der Waals surface area (Å²) in [5.74, 6) is -0.352. The van der Waals surface area contributed by atoms with Crippen LogP contribution < -0.4 is 10.2 Å². The number of para-hydroxylation sites is 1. The molecule has 0 radical (unpaired) electrons. The van der Waals surface area contributed by atoms with E-state index in [0.29, 0.717) is 5.69 Å². The van der Waals surface area contributed by atoms with Crippen molar-refractivity contribution < 1.29 is 9.59 Å². The average Bonchev–Trinajstić information content (AvgIpc) is 3.12. The van der Waals surface area contributed by atoms with Crippen molar-refractivity contribution in [2.24, 2.45) is 0 Å². The molecule has 0 atom stereocenters. The van der Waals surface area contributed by atoms with Gasteiger partial charge in [-0.25, -0.2) is 9.69 Å². The third-order valence-corrected chi connectivity index (χ3v) is 5.47. The molecular formula is C22H18IN3O2. The van der Waals surface area contributed by atoms with E-state index in [9.17, 15) is 9.59 Å². The van der Waals surface area contributed by atoms with Crippen LogP contribution in [0.2, 0.25) is 0 Å².